The highest BCUT2D eigenvalue weighted by atomic mass is 16.5. The van der Waals surface area contributed by atoms with Gasteiger partial charge in [0.25, 0.3) is 0 Å². The molecular formula is C28H39N3O4. The third kappa shape index (κ3) is 4.58. The van der Waals surface area contributed by atoms with E-state index in [9.17, 15) is 14.4 Å². The normalized spacial score (nSPS) is 35.9. The summed E-state index contributed by atoms with van der Waals surface area (Å²) in [6, 6.07) is 0. The number of allylic oxidation sites excluding steroid dienone is 1. The average molecular weight is 482 g/mol. The molecule has 1 aromatic heterocycles. The Bertz CT molecular complexity index is 1000. The van der Waals surface area contributed by atoms with Crippen molar-refractivity contribution in [2.24, 2.45) is 28.6 Å². The molecule has 3 fully saturated rings. The largest absolute Gasteiger partial charge is 0.462 e. The molecule has 35 heavy (non-hydrogen) atoms. The molecule has 1 aromatic rings. The van der Waals surface area contributed by atoms with Gasteiger partial charge in [0.05, 0.1) is 12.7 Å². The molecular weight excluding hydrogens is 442 g/mol. The van der Waals surface area contributed by atoms with E-state index in [1.54, 1.807) is 12.5 Å². The van der Waals surface area contributed by atoms with Gasteiger partial charge in [0.1, 0.15) is 6.10 Å². The fraction of sp³-hybridized carbons (Fsp3) is 0.714. The average Bonchev–Trinajstić information content (AvgIpc) is 3.46. The number of rotatable bonds is 7. The highest BCUT2D eigenvalue weighted by Crippen LogP contribution is 2.65. The number of ether oxygens (including phenoxy) is 1. The maximum atomic E-state index is 12.7. The van der Waals surface area contributed by atoms with Crippen LogP contribution in [0.4, 0.5) is 0 Å². The van der Waals surface area contributed by atoms with Crippen molar-refractivity contribution in [3.8, 4) is 0 Å². The number of H-pyrrole nitrogens is 1. The van der Waals surface area contributed by atoms with Gasteiger partial charge >= 0.3 is 5.97 Å². The predicted molar refractivity (Wildman–Crippen MR) is 131 cm³/mol. The number of aromatic nitrogens is 2. The summed E-state index contributed by atoms with van der Waals surface area (Å²) in [7, 11) is 0. The van der Waals surface area contributed by atoms with Crippen LogP contribution in [-0.2, 0) is 25.5 Å². The Morgan fingerprint density at radius 1 is 1.11 bits per heavy atom. The number of nitrogens with one attached hydrogen (secondary N) is 2. The summed E-state index contributed by atoms with van der Waals surface area (Å²) >= 11 is 0. The maximum Gasteiger partial charge on any atom is 0.306 e. The summed E-state index contributed by atoms with van der Waals surface area (Å²) < 4.78 is 6.03. The van der Waals surface area contributed by atoms with Crippen LogP contribution >= 0.6 is 0 Å². The molecule has 0 aliphatic heterocycles. The number of aromatic amines is 1. The number of imidazole rings is 1. The Kier molecular flexibility index (Phi) is 6.62. The molecule has 0 radical (unpaired) electrons. The van der Waals surface area contributed by atoms with Gasteiger partial charge in [0, 0.05) is 43.1 Å². The Labute approximate surface area is 207 Å². The first-order chi connectivity index (χ1) is 16.8. The minimum absolute atomic E-state index is 0.0191. The van der Waals surface area contributed by atoms with Crippen molar-refractivity contribution < 1.29 is 19.1 Å². The summed E-state index contributed by atoms with van der Waals surface area (Å²) in [4.78, 5) is 43.9. The number of hydrogen-bond acceptors (Lipinski definition) is 5. The van der Waals surface area contributed by atoms with Crippen molar-refractivity contribution in [3.63, 3.8) is 0 Å². The molecule has 190 valence electrons. The van der Waals surface area contributed by atoms with Crippen molar-refractivity contribution in [2.45, 2.75) is 90.6 Å². The van der Waals surface area contributed by atoms with Crippen molar-refractivity contribution in [1.29, 1.82) is 0 Å². The lowest BCUT2D eigenvalue weighted by Crippen LogP contribution is -2.51. The van der Waals surface area contributed by atoms with Gasteiger partial charge < -0.3 is 15.0 Å². The molecule has 4 aliphatic carbocycles. The van der Waals surface area contributed by atoms with Crippen LogP contribution in [-0.4, -0.2) is 40.3 Å². The second-order valence-corrected chi connectivity index (χ2v) is 11.7. The van der Waals surface area contributed by atoms with Gasteiger partial charge in [-0.2, -0.15) is 0 Å². The number of nitrogens with zero attached hydrogens (tertiary/aromatic N) is 1. The fourth-order valence-corrected chi connectivity index (χ4v) is 7.98. The highest BCUT2D eigenvalue weighted by Gasteiger charge is 2.59. The highest BCUT2D eigenvalue weighted by molar-refractivity contribution is 5.91. The first-order valence-electron chi connectivity index (χ1n) is 13.5. The second kappa shape index (κ2) is 9.55. The van der Waals surface area contributed by atoms with Crippen molar-refractivity contribution in [3.05, 3.63) is 29.9 Å². The van der Waals surface area contributed by atoms with Crippen LogP contribution < -0.4 is 5.32 Å². The van der Waals surface area contributed by atoms with E-state index in [0.29, 0.717) is 42.9 Å². The van der Waals surface area contributed by atoms with E-state index < -0.39 is 0 Å². The Hall–Kier alpha value is -2.44. The molecule has 0 spiro atoms. The van der Waals surface area contributed by atoms with Gasteiger partial charge in [-0.3, -0.25) is 14.4 Å². The van der Waals surface area contributed by atoms with E-state index in [0.717, 1.165) is 50.6 Å². The summed E-state index contributed by atoms with van der Waals surface area (Å²) in [5.74, 6) is 1.77. The summed E-state index contributed by atoms with van der Waals surface area (Å²) in [5, 5.41) is 2.86. The van der Waals surface area contributed by atoms with Gasteiger partial charge in [-0.05, 0) is 74.2 Å². The summed E-state index contributed by atoms with van der Waals surface area (Å²) in [6.07, 6.45) is 14.3. The number of esters is 1. The maximum absolute atomic E-state index is 12.7. The number of carbonyl (C=O) groups is 3. The minimum Gasteiger partial charge on any atom is -0.462 e. The lowest BCUT2D eigenvalue weighted by atomic mass is 9.47. The van der Waals surface area contributed by atoms with Crippen molar-refractivity contribution in [2.75, 3.05) is 6.54 Å². The van der Waals surface area contributed by atoms with Gasteiger partial charge in [-0.25, -0.2) is 4.98 Å². The predicted octanol–water partition coefficient (Wildman–Crippen LogP) is 4.29. The molecule has 5 rings (SSSR count). The lowest BCUT2D eigenvalue weighted by Gasteiger charge is -2.57. The third-order valence-corrected chi connectivity index (χ3v) is 9.98. The Morgan fingerprint density at radius 3 is 2.77 bits per heavy atom. The molecule has 0 aromatic carbocycles. The zero-order chi connectivity index (χ0) is 24.6. The first-order valence-corrected chi connectivity index (χ1v) is 13.5. The Balaban J connectivity index is 1.13. The van der Waals surface area contributed by atoms with Crippen LogP contribution in [0.3, 0.4) is 0 Å². The van der Waals surface area contributed by atoms with Gasteiger partial charge in [0.15, 0.2) is 5.78 Å². The van der Waals surface area contributed by atoms with Crippen LogP contribution in [0.1, 0.15) is 83.7 Å². The molecule has 3 saturated carbocycles. The van der Waals surface area contributed by atoms with Crippen LogP contribution in [0.25, 0.3) is 0 Å². The Morgan fingerprint density at radius 2 is 1.97 bits per heavy atom. The first kappa shape index (κ1) is 24.3. The van der Waals surface area contributed by atoms with Gasteiger partial charge in [-0.15, -0.1) is 0 Å². The van der Waals surface area contributed by atoms with Gasteiger partial charge in [-0.1, -0.05) is 19.4 Å². The number of ketones is 1. The molecule has 2 N–H and O–H groups in total. The molecule has 6 atom stereocenters. The zero-order valence-corrected chi connectivity index (χ0v) is 21.1. The summed E-state index contributed by atoms with van der Waals surface area (Å²) in [5.41, 5.74) is 2.55. The van der Waals surface area contributed by atoms with Crippen LogP contribution in [0.2, 0.25) is 0 Å². The standard InChI is InChI=1S/C28H39N3O4/c1-27-12-9-20(32)15-18(27)3-4-21-22-5-6-24(28(22,2)13-10-23(21)27)35-26(34)8-7-25(33)30-14-11-19-16-29-17-31-19/h15-17,21-24H,3-14H2,1-2H3,(H,29,31)(H,30,33)/t21-,22-,23-,24+,27-,28-/m0/s1. The van der Waals surface area contributed by atoms with E-state index in [-0.39, 0.29) is 41.7 Å². The summed E-state index contributed by atoms with van der Waals surface area (Å²) in [6.45, 7) is 5.25. The molecule has 7 nitrogen and oxygen atoms in total. The molecule has 0 unspecified atom stereocenters. The van der Waals surface area contributed by atoms with Crippen molar-refractivity contribution >= 4 is 17.7 Å². The molecule has 0 bridgehead atoms. The quantitative estimate of drug-likeness (QED) is 0.566. The smallest absolute Gasteiger partial charge is 0.306 e. The number of hydrogen-bond donors (Lipinski definition) is 2. The SMILES string of the molecule is C[C@]12CC[C@H]3[C@@H](CCC4=CC(=O)CC[C@@]43C)[C@@H]1CC[C@H]2OC(=O)CCC(=O)NCCc1cnc[nH]1. The number of fused-ring (bicyclic) bond motifs is 5. The van der Waals surface area contributed by atoms with Gasteiger partial charge in [0.2, 0.25) is 5.91 Å². The minimum atomic E-state index is -0.255. The number of amides is 1. The van der Waals surface area contributed by atoms with E-state index in [2.05, 4.69) is 29.1 Å². The molecule has 0 saturated heterocycles. The molecule has 1 heterocycles. The monoisotopic (exact) mass is 481 g/mol. The molecule has 7 heteroatoms. The number of carbonyl (C=O) groups excluding carboxylic acids is 3. The van der Waals surface area contributed by atoms with E-state index in [1.165, 1.54) is 5.57 Å². The van der Waals surface area contributed by atoms with E-state index in [4.69, 9.17) is 4.74 Å². The molecule has 1 amide bonds. The lowest BCUT2D eigenvalue weighted by molar-refractivity contribution is -0.160. The molecule has 4 aliphatic rings. The zero-order valence-electron chi connectivity index (χ0n) is 21.1. The topological polar surface area (TPSA) is 101 Å². The van der Waals surface area contributed by atoms with Crippen LogP contribution in [0, 0.1) is 28.6 Å². The van der Waals surface area contributed by atoms with E-state index in [1.807, 2.05) is 6.08 Å². The second-order valence-electron chi connectivity index (χ2n) is 11.7. The van der Waals surface area contributed by atoms with Crippen LogP contribution in [0.15, 0.2) is 24.2 Å². The third-order valence-electron chi connectivity index (χ3n) is 9.98. The van der Waals surface area contributed by atoms with Crippen molar-refractivity contribution in [1.82, 2.24) is 15.3 Å². The fourth-order valence-electron chi connectivity index (χ4n) is 7.98. The van der Waals surface area contributed by atoms with Crippen LogP contribution in [0.5, 0.6) is 0 Å². The van der Waals surface area contributed by atoms with E-state index >= 15 is 0 Å².